The molecule has 0 aliphatic carbocycles. The first-order valence-electron chi connectivity index (χ1n) is 9.30. The second kappa shape index (κ2) is 7.22. The number of hydrogen-bond acceptors (Lipinski definition) is 5. The van der Waals surface area contributed by atoms with Gasteiger partial charge in [0.1, 0.15) is 12.1 Å². The minimum absolute atomic E-state index is 0.0209. The van der Waals surface area contributed by atoms with E-state index < -0.39 is 29.2 Å². The van der Waals surface area contributed by atoms with Crippen LogP contribution in [-0.4, -0.2) is 27.0 Å². The minimum atomic E-state index is -4.45. The lowest BCUT2D eigenvalue weighted by Gasteiger charge is -2.23. The van der Waals surface area contributed by atoms with E-state index in [9.17, 15) is 22.8 Å². The standard InChI is InChI=1S/C21H17F3N4O3/c1-12-5-3-4-6-15(12)20(2)18(29)28(19(30)26-20)11-16-25-17(27-31-16)13-7-9-14(10-8-13)21(22,23)24/h3-10H,11H2,1-2H3,(H,26,30). The second-order valence-electron chi connectivity index (χ2n) is 7.35. The Balaban J connectivity index is 1.54. The molecule has 1 aliphatic rings. The average Bonchev–Trinajstić information content (AvgIpc) is 3.27. The fraction of sp³-hybridized carbons (Fsp3) is 0.238. The Hall–Kier alpha value is -3.69. The van der Waals surface area contributed by atoms with E-state index in [0.29, 0.717) is 11.1 Å². The van der Waals surface area contributed by atoms with Crippen molar-refractivity contribution < 1.29 is 27.3 Å². The zero-order chi connectivity index (χ0) is 22.4. The second-order valence-corrected chi connectivity index (χ2v) is 7.35. The minimum Gasteiger partial charge on any atom is -0.337 e. The van der Waals surface area contributed by atoms with Crippen LogP contribution in [0, 0.1) is 6.92 Å². The molecule has 1 fully saturated rings. The van der Waals surface area contributed by atoms with Crippen molar-refractivity contribution >= 4 is 11.9 Å². The monoisotopic (exact) mass is 430 g/mol. The van der Waals surface area contributed by atoms with Crippen LogP contribution in [0.2, 0.25) is 0 Å². The number of benzene rings is 2. The molecular weight excluding hydrogens is 413 g/mol. The number of hydrogen-bond donors (Lipinski definition) is 1. The Morgan fingerprint density at radius 1 is 1.10 bits per heavy atom. The van der Waals surface area contributed by atoms with E-state index in [4.69, 9.17) is 4.52 Å². The molecule has 160 valence electrons. The number of rotatable bonds is 4. The van der Waals surface area contributed by atoms with E-state index in [1.807, 2.05) is 19.1 Å². The summed E-state index contributed by atoms with van der Waals surface area (Å²) < 4.78 is 43.3. The molecule has 2 heterocycles. The molecule has 2 aromatic carbocycles. The first kappa shape index (κ1) is 20.6. The topological polar surface area (TPSA) is 88.3 Å². The maximum absolute atomic E-state index is 13.0. The predicted octanol–water partition coefficient (Wildman–Crippen LogP) is 4.03. The first-order chi connectivity index (χ1) is 14.6. The molecule has 3 aromatic rings. The molecule has 0 bridgehead atoms. The van der Waals surface area contributed by atoms with Gasteiger partial charge in [0.15, 0.2) is 0 Å². The molecule has 4 rings (SSSR count). The number of aryl methyl sites for hydroxylation is 1. The van der Waals surface area contributed by atoms with E-state index in [2.05, 4.69) is 15.5 Å². The fourth-order valence-corrected chi connectivity index (χ4v) is 3.54. The number of nitrogens with zero attached hydrogens (tertiary/aromatic N) is 3. The van der Waals surface area contributed by atoms with Crippen molar-refractivity contribution in [3.8, 4) is 11.4 Å². The Kier molecular flexibility index (Phi) is 4.79. The number of aromatic nitrogens is 2. The van der Waals surface area contributed by atoms with Gasteiger partial charge < -0.3 is 9.84 Å². The third kappa shape index (κ3) is 3.65. The van der Waals surface area contributed by atoms with Crippen LogP contribution >= 0.6 is 0 Å². The number of alkyl halides is 3. The Morgan fingerprint density at radius 2 is 1.77 bits per heavy atom. The summed E-state index contributed by atoms with van der Waals surface area (Å²) in [5.74, 6) is -0.439. The fourth-order valence-electron chi connectivity index (χ4n) is 3.54. The summed E-state index contributed by atoms with van der Waals surface area (Å²) in [6, 6.07) is 10.9. The molecule has 7 nitrogen and oxygen atoms in total. The predicted molar refractivity (Wildman–Crippen MR) is 102 cm³/mol. The summed E-state index contributed by atoms with van der Waals surface area (Å²) in [5.41, 5.74) is -0.201. The van der Waals surface area contributed by atoms with E-state index >= 15 is 0 Å². The summed E-state index contributed by atoms with van der Waals surface area (Å²) in [6.45, 7) is 3.20. The van der Waals surface area contributed by atoms with Crippen molar-refractivity contribution in [2.75, 3.05) is 0 Å². The number of urea groups is 1. The highest BCUT2D eigenvalue weighted by Crippen LogP contribution is 2.32. The molecule has 10 heteroatoms. The van der Waals surface area contributed by atoms with Crippen LogP contribution < -0.4 is 5.32 Å². The summed E-state index contributed by atoms with van der Waals surface area (Å²) >= 11 is 0. The van der Waals surface area contributed by atoms with Gasteiger partial charge in [-0.1, -0.05) is 41.6 Å². The van der Waals surface area contributed by atoms with Crippen LogP contribution in [0.3, 0.4) is 0 Å². The van der Waals surface area contributed by atoms with Crippen LogP contribution in [0.1, 0.15) is 29.5 Å². The average molecular weight is 430 g/mol. The maximum Gasteiger partial charge on any atom is 0.416 e. The number of carbonyl (C=O) groups excluding carboxylic acids is 2. The van der Waals surface area contributed by atoms with Crippen LogP contribution in [-0.2, 0) is 23.1 Å². The highest BCUT2D eigenvalue weighted by Gasteiger charge is 2.50. The van der Waals surface area contributed by atoms with Gasteiger partial charge in [0, 0.05) is 5.56 Å². The highest BCUT2D eigenvalue weighted by molar-refractivity contribution is 6.07. The molecule has 0 radical (unpaired) electrons. The van der Waals surface area contributed by atoms with E-state index in [1.165, 1.54) is 12.1 Å². The third-order valence-corrected chi connectivity index (χ3v) is 5.19. The van der Waals surface area contributed by atoms with Gasteiger partial charge in [0.05, 0.1) is 5.56 Å². The number of halogens is 3. The zero-order valence-electron chi connectivity index (χ0n) is 16.5. The van der Waals surface area contributed by atoms with Crippen molar-refractivity contribution in [3.63, 3.8) is 0 Å². The number of amides is 3. The molecular formula is C21H17F3N4O3. The molecule has 1 aliphatic heterocycles. The molecule has 1 atom stereocenters. The smallest absolute Gasteiger partial charge is 0.337 e. The van der Waals surface area contributed by atoms with Crippen LogP contribution in [0.4, 0.5) is 18.0 Å². The lowest BCUT2D eigenvalue weighted by molar-refractivity contribution is -0.137. The van der Waals surface area contributed by atoms with E-state index in [0.717, 1.165) is 22.6 Å². The quantitative estimate of drug-likeness (QED) is 0.632. The lowest BCUT2D eigenvalue weighted by atomic mass is 9.88. The van der Waals surface area contributed by atoms with Gasteiger partial charge in [-0.25, -0.2) is 4.79 Å². The summed E-state index contributed by atoms with van der Waals surface area (Å²) in [4.78, 5) is 30.6. The number of imide groups is 1. The van der Waals surface area contributed by atoms with E-state index in [1.54, 1.807) is 19.1 Å². The lowest BCUT2D eigenvalue weighted by Crippen LogP contribution is -2.41. The summed E-state index contributed by atoms with van der Waals surface area (Å²) in [7, 11) is 0. The third-order valence-electron chi connectivity index (χ3n) is 5.19. The largest absolute Gasteiger partial charge is 0.416 e. The molecule has 31 heavy (non-hydrogen) atoms. The zero-order valence-corrected chi connectivity index (χ0v) is 16.5. The number of carbonyl (C=O) groups is 2. The van der Waals surface area contributed by atoms with Crippen LogP contribution in [0.25, 0.3) is 11.4 Å². The summed E-state index contributed by atoms with van der Waals surface area (Å²) in [6.07, 6.45) is -4.45. The Bertz CT molecular complexity index is 1160. The van der Waals surface area contributed by atoms with Crippen molar-refractivity contribution in [2.45, 2.75) is 32.1 Å². The summed E-state index contributed by atoms with van der Waals surface area (Å²) in [5, 5.41) is 6.45. The van der Waals surface area contributed by atoms with Gasteiger partial charge in [-0.05, 0) is 37.1 Å². The van der Waals surface area contributed by atoms with Crippen LogP contribution in [0.15, 0.2) is 53.1 Å². The van der Waals surface area contributed by atoms with Crippen molar-refractivity contribution in [2.24, 2.45) is 0 Å². The molecule has 1 unspecified atom stereocenters. The van der Waals surface area contributed by atoms with Gasteiger partial charge in [-0.2, -0.15) is 18.2 Å². The molecule has 0 spiro atoms. The van der Waals surface area contributed by atoms with Crippen LogP contribution in [0.5, 0.6) is 0 Å². The van der Waals surface area contributed by atoms with E-state index in [-0.39, 0.29) is 18.3 Å². The molecule has 1 N–H and O–H groups in total. The Labute approximate surface area is 174 Å². The van der Waals surface area contributed by atoms with Gasteiger partial charge in [0.2, 0.25) is 11.7 Å². The molecule has 0 saturated carbocycles. The van der Waals surface area contributed by atoms with Crippen molar-refractivity contribution in [1.82, 2.24) is 20.4 Å². The maximum atomic E-state index is 13.0. The molecule has 1 saturated heterocycles. The number of nitrogens with one attached hydrogen (secondary N) is 1. The SMILES string of the molecule is Cc1ccccc1C1(C)NC(=O)N(Cc2nc(-c3ccc(C(F)(F)F)cc3)no2)C1=O. The highest BCUT2D eigenvalue weighted by atomic mass is 19.4. The normalized spacial score (nSPS) is 19.1. The van der Waals surface area contributed by atoms with Gasteiger partial charge >= 0.3 is 12.2 Å². The van der Waals surface area contributed by atoms with Crippen molar-refractivity contribution in [1.29, 1.82) is 0 Å². The molecule has 1 aromatic heterocycles. The molecule has 3 amide bonds. The Morgan fingerprint density at radius 3 is 2.42 bits per heavy atom. The van der Waals surface area contributed by atoms with Crippen molar-refractivity contribution in [3.05, 3.63) is 71.1 Å². The van der Waals surface area contributed by atoms with Gasteiger partial charge in [0.25, 0.3) is 5.91 Å². The van der Waals surface area contributed by atoms with Gasteiger partial charge in [-0.3, -0.25) is 9.69 Å². The van der Waals surface area contributed by atoms with Gasteiger partial charge in [-0.15, -0.1) is 0 Å². The first-order valence-corrected chi connectivity index (χ1v) is 9.30.